The first-order chi connectivity index (χ1) is 16.0. The summed E-state index contributed by atoms with van der Waals surface area (Å²) in [6, 6.07) is 10.4. The summed E-state index contributed by atoms with van der Waals surface area (Å²) in [5.41, 5.74) is 1.48. The van der Waals surface area contributed by atoms with E-state index in [2.05, 4.69) is 10.3 Å². The Hall–Kier alpha value is -3.21. The molecule has 5 rings (SSSR count). The van der Waals surface area contributed by atoms with Crippen LogP contribution in [0, 0.1) is 0 Å². The smallest absolute Gasteiger partial charge is 0.357 e. The molecule has 0 aliphatic carbocycles. The summed E-state index contributed by atoms with van der Waals surface area (Å²) in [6.45, 7) is 2.44. The largest absolute Gasteiger partial charge is 0.476 e. The normalized spacial score (nSPS) is 14.5. The third-order valence-electron chi connectivity index (χ3n) is 5.40. The number of amides is 1. The summed E-state index contributed by atoms with van der Waals surface area (Å²) in [5, 5.41) is 18.4. The van der Waals surface area contributed by atoms with Gasteiger partial charge in [-0.2, -0.15) is 5.10 Å². The molecule has 4 aromatic rings. The minimum atomic E-state index is -1.17. The molecule has 33 heavy (non-hydrogen) atoms. The van der Waals surface area contributed by atoms with Crippen LogP contribution in [0.25, 0.3) is 21.5 Å². The minimum Gasteiger partial charge on any atom is -0.476 e. The molecule has 1 amide bonds. The van der Waals surface area contributed by atoms with Gasteiger partial charge in [0, 0.05) is 36.7 Å². The maximum absolute atomic E-state index is 13.0. The van der Waals surface area contributed by atoms with E-state index in [1.54, 1.807) is 39.9 Å². The zero-order chi connectivity index (χ0) is 22.9. The number of thiophene rings is 1. The molecule has 1 aliphatic heterocycles. The highest BCUT2D eigenvalue weighted by atomic mass is 35.5. The van der Waals surface area contributed by atoms with Gasteiger partial charge in [-0.25, -0.2) is 4.79 Å². The molecule has 3 aromatic heterocycles. The molecule has 1 N–H and O–H groups in total. The predicted molar refractivity (Wildman–Crippen MR) is 122 cm³/mol. The molecule has 0 atom stereocenters. The van der Waals surface area contributed by atoms with Gasteiger partial charge >= 0.3 is 5.97 Å². The van der Waals surface area contributed by atoms with Crippen molar-refractivity contribution in [3.63, 3.8) is 0 Å². The summed E-state index contributed by atoms with van der Waals surface area (Å²) in [5.74, 6) is -0.742. The fourth-order valence-electron chi connectivity index (χ4n) is 3.83. The van der Waals surface area contributed by atoms with Crippen LogP contribution in [0.4, 0.5) is 0 Å². The lowest BCUT2D eigenvalue weighted by Crippen LogP contribution is -2.33. The third kappa shape index (κ3) is 4.37. The van der Waals surface area contributed by atoms with Gasteiger partial charge in [-0.15, -0.1) is 11.3 Å². The average molecular weight is 487 g/mol. The summed E-state index contributed by atoms with van der Waals surface area (Å²) in [6.07, 6.45) is 0.768. The molecule has 4 heterocycles. The van der Waals surface area contributed by atoms with Crippen molar-refractivity contribution in [3.8, 4) is 10.6 Å². The van der Waals surface area contributed by atoms with Crippen molar-refractivity contribution in [2.24, 2.45) is 0 Å². The van der Waals surface area contributed by atoms with Crippen LogP contribution in [0.2, 0.25) is 4.34 Å². The maximum atomic E-state index is 13.0. The summed E-state index contributed by atoms with van der Waals surface area (Å²) >= 11 is 7.37. The standard InChI is InChI=1S/C22H19ClN4O5S/c23-19-5-4-18(33-19)17-11-14(25-32-17)12-27-16-3-2-13(10-15(16)20(24-27)22(29)30)21(28)26-6-1-8-31-9-7-26/h2-5,10-11H,1,6-9,12H2,(H,29,30). The van der Waals surface area contributed by atoms with Gasteiger partial charge in [0.2, 0.25) is 0 Å². The Labute approximate surface area is 197 Å². The van der Waals surface area contributed by atoms with Crippen LogP contribution in [0.3, 0.4) is 0 Å². The number of nitrogens with zero attached hydrogens (tertiary/aromatic N) is 4. The van der Waals surface area contributed by atoms with Crippen LogP contribution >= 0.6 is 22.9 Å². The maximum Gasteiger partial charge on any atom is 0.357 e. The van der Waals surface area contributed by atoms with Crippen molar-refractivity contribution in [2.75, 3.05) is 26.3 Å². The Morgan fingerprint density at radius 3 is 2.82 bits per heavy atom. The summed E-state index contributed by atoms with van der Waals surface area (Å²) < 4.78 is 13.0. The zero-order valence-electron chi connectivity index (χ0n) is 17.4. The van der Waals surface area contributed by atoms with Gasteiger partial charge in [-0.05, 0) is 36.8 Å². The average Bonchev–Trinajstić information content (AvgIpc) is 3.47. The Balaban J connectivity index is 1.46. The third-order valence-corrected chi connectivity index (χ3v) is 6.64. The number of benzene rings is 1. The number of carboxylic acids is 1. The number of carbonyl (C=O) groups is 2. The Morgan fingerprint density at radius 2 is 2.03 bits per heavy atom. The van der Waals surface area contributed by atoms with E-state index in [-0.39, 0.29) is 18.1 Å². The van der Waals surface area contributed by atoms with E-state index >= 15 is 0 Å². The highest BCUT2D eigenvalue weighted by Gasteiger charge is 2.22. The van der Waals surface area contributed by atoms with Crippen molar-refractivity contribution in [2.45, 2.75) is 13.0 Å². The number of aromatic carboxylic acids is 1. The molecular formula is C22H19ClN4O5S. The molecule has 1 fully saturated rings. The van der Waals surface area contributed by atoms with E-state index in [9.17, 15) is 14.7 Å². The molecule has 1 aromatic carbocycles. The van der Waals surface area contributed by atoms with Gasteiger partial charge in [0.25, 0.3) is 5.91 Å². The highest BCUT2D eigenvalue weighted by molar-refractivity contribution is 7.19. The van der Waals surface area contributed by atoms with Gasteiger partial charge in [0.15, 0.2) is 11.5 Å². The zero-order valence-corrected chi connectivity index (χ0v) is 18.9. The van der Waals surface area contributed by atoms with Crippen LogP contribution < -0.4 is 0 Å². The van der Waals surface area contributed by atoms with Gasteiger partial charge < -0.3 is 19.3 Å². The molecular weight excluding hydrogens is 468 g/mol. The first-order valence-electron chi connectivity index (χ1n) is 10.3. The number of rotatable bonds is 5. The molecule has 9 nitrogen and oxygen atoms in total. The molecule has 0 saturated carbocycles. The molecule has 0 bridgehead atoms. The second-order valence-electron chi connectivity index (χ2n) is 7.59. The predicted octanol–water partition coefficient (Wildman–Crippen LogP) is 4.02. The first kappa shape index (κ1) is 21.6. The van der Waals surface area contributed by atoms with Crippen LogP contribution in [-0.4, -0.2) is 63.1 Å². The number of carbonyl (C=O) groups excluding carboxylic acids is 1. The minimum absolute atomic E-state index is 0.118. The van der Waals surface area contributed by atoms with E-state index in [1.165, 1.54) is 11.3 Å². The number of fused-ring (bicyclic) bond motifs is 1. The van der Waals surface area contributed by atoms with Crippen LogP contribution in [0.15, 0.2) is 40.9 Å². The fourth-order valence-corrected chi connectivity index (χ4v) is 4.82. The Bertz CT molecular complexity index is 1340. The molecule has 11 heteroatoms. The monoisotopic (exact) mass is 486 g/mol. The number of hydrogen-bond donors (Lipinski definition) is 1. The number of halogens is 1. The van der Waals surface area contributed by atoms with Crippen molar-refractivity contribution in [3.05, 3.63) is 57.7 Å². The molecule has 1 aliphatic rings. The molecule has 0 unspecified atom stereocenters. The second-order valence-corrected chi connectivity index (χ2v) is 9.30. The summed E-state index contributed by atoms with van der Waals surface area (Å²) in [4.78, 5) is 27.4. The lowest BCUT2D eigenvalue weighted by molar-refractivity contribution is 0.0689. The Morgan fingerprint density at radius 1 is 1.15 bits per heavy atom. The lowest BCUT2D eigenvalue weighted by atomic mass is 10.1. The van der Waals surface area contributed by atoms with Crippen LogP contribution in [0.5, 0.6) is 0 Å². The molecule has 1 saturated heterocycles. The topological polar surface area (TPSA) is 111 Å². The van der Waals surface area contributed by atoms with E-state index in [4.69, 9.17) is 20.9 Å². The molecule has 0 spiro atoms. The van der Waals surface area contributed by atoms with Crippen molar-refractivity contribution in [1.82, 2.24) is 19.8 Å². The molecule has 0 radical (unpaired) electrons. The quantitative estimate of drug-likeness (QED) is 0.453. The highest BCUT2D eigenvalue weighted by Crippen LogP contribution is 2.31. The number of aromatic nitrogens is 3. The van der Waals surface area contributed by atoms with Gasteiger partial charge in [0.1, 0.15) is 5.69 Å². The fraction of sp³-hybridized carbons (Fsp3) is 0.273. The van der Waals surface area contributed by atoms with Gasteiger partial charge in [-0.1, -0.05) is 16.8 Å². The van der Waals surface area contributed by atoms with Crippen molar-refractivity contribution in [1.29, 1.82) is 0 Å². The van der Waals surface area contributed by atoms with Crippen molar-refractivity contribution >= 4 is 45.7 Å². The van der Waals surface area contributed by atoms with Crippen LogP contribution in [0.1, 0.15) is 33.0 Å². The Kier molecular flexibility index (Phi) is 5.88. The SMILES string of the molecule is O=C(O)c1nn(Cc2cc(-c3ccc(Cl)s3)on2)c2ccc(C(=O)N3CCCOCC3)cc12. The van der Waals surface area contributed by atoms with E-state index in [0.717, 1.165) is 11.3 Å². The lowest BCUT2D eigenvalue weighted by Gasteiger charge is -2.19. The number of carboxylic acid groups (broad SMARTS) is 1. The van der Waals surface area contributed by atoms with E-state index in [0.29, 0.717) is 58.6 Å². The van der Waals surface area contributed by atoms with E-state index in [1.807, 2.05) is 6.07 Å². The molecule has 170 valence electrons. The number of hydrogen-bond acceptors (Lipinski definition) is 7. The van der Waals surface area contributed by atoms with Crippen molar-refractivity contribution < 1.29 is 24.0 Å². The second kappa shape index (κ2) is 8.97. The summed E-state index contributed by atoms with van der Waals surface area (Å²) in [7, 11) is 0. The van der Waals surface area contributed by atoms with Gasteiger partial charge in [0.05, 0.1) is 27.9 Å². The first-order valence-corrected chi connectivity index (χ1v) is 11.5. The van der Waals surface area contributed by atoms with E-state index < -0.39 is 5.97 Å². The van der Waals surface area contributed by atoms with Gasteiger partial charge in [-0.3, -0.25) is 9.48 Å². The van der Waals surface area contributed by atoms with Crippen LogP contribution in [-0.2, 0) is 11.3 Å². The number of ether oxygens (including phenoxy) is 1.